The average Bonchev–Trinajstić information content (AvgIpc) is 2.81. The van der Waals surface area contributed by atoms with E-state index in [1.807, 2.05) is 6.92 Å². The van der Waals surface area contributed by atoms with E-state index < -0.39 is 0 Å². The minimum absolute atomic E-state index is 0.0762. The number of piperidine rings is 1. The van der Waals surface area contributed by atoms with E-state index >= 15 is 0 Å². The van der Waals surface area contributed by atoms with Crippen molar-refractivity contribution < 1.29 is 4.79 Å². The van der Waals surface area contributed by atoms with E-state index in [4.69, 9.17) is 5.73 Å². The molecule has 1 amide bonds. The third-order valence-corrected chi connectivity index (χ3v) is 4.24. The second kappa shape index (κ2) is 5.77. The first-order valence-electron chi connectivity index (χ1n) is 6.26. The molecule has 0 spiro atoms. The number of aromatic nitrogens is 1. The monoisotopic (exact) mass is 268 g/mol. The molecule has 100 valence electrons. The van der Waals surface area contributed by atoms with Crippen molar-refractivity contribution in [2.24, 2.45) is 5.73 Å². The number of carbonyl (C=O) groups is 1. The Labute approximate surface area is 111 Å². The van der Waals surface area contributed by atoms with Crippen molar-refractivity contribution in [3.8, 4) is 0 Å². The summed E-state index contributed by atoms with van der Waals surface area (Å²) in [6.07, 6.45) is 2.01. The van der Waals surface area contributed by atoms with E-state index in [2.05, 4.69) is 22.2 Å². The number of thiazole rings is 1. The van der Waals surface area contributed by atoms with Gasteiger partial charge in [0, 0.05) is 11.4 Å². The molecule has 1 aromatic heterocycles. The van der Waals surface area contributed by atoms with Crippen molar-refractivity contribution in [3.63, 3.8) is 0 Å². The van der Waals surface area contributed by atoms with Crippen LogP contribution in [0.3, 0.4) is 0 Å². The summed E-state index contributed by atoms with van der Waals surface area (Å²) in [7, 11) is 2.10. The van der Waals surface area contributed by atoms with Crippen molar-refractivity contribution in [1.29, 1.82) is 0 Å². The van der Waals surface area contributed by atoms with E-state index in [0.717, 1.165) is 30.9 Å². The standard InChI is InChI=1S/C12H20N4OS/c1-8(13)12-15-10(7-18-12)11(17)14-9-3-5-16(2)6-4-9/h7-9H,3-6,13H2,1-2H3,(H,14,17). The molecule has 2 heterocycles. The molecule has 1 aliphatic rings. The lowest BCUT2D eigenvalue weighted by Crippen LogP contribution is -2.43. The van der Waals surface area contributed by atoms with Crippen LogP contribution in [-0.2, 0) is 0 Å². The predicted octanol–water partition coefficient (Wildman–Crippen LogP) is 0.987. The van der Waals surface area contributed by atoms with Gasteiger partial charge in [-0.2, -0.15) is 0 Å². The van der Waals surface area contributed by atoms with Gasteiger partial charge in [-0.25, -0.2) is 4.98 Å². The Kier molecular flexibility index (Phi) is 4.31. The van der Waals surface area contributed by atoms with Gasteiger partial charge in [0.2, 0.25) is 0 Å². The summed E-state index contributed by atoms with van der Waals surface area (Å²) >= 11 is 1.44. The van der Waals surface area contributed by atoms with Crippen molar-refractivity contribution in [2.45, 2.75) is 31.8 Å². The molecule has 1 fully saturated rings. The summed E-state index contributed by atoms with van der Waals surface area (Å²) in [6.45, 7) is 3.94. The van der Waals surface area contributed by atoms with Gasteiger partial charge in [0.1, 0.15) is 10.7 Å². The largest absolute Gasteiger partial charge is 0.348 e. The molecule has 2 rings (SSSR count). The second-order valence-corrected chi connectivity index (χ2v) is 5.80. The lowest BCUT2D eigenvalue weighted by Gasteiger charge is -2.29. The number of nitrogens with one attached hydrogen (secondary N) is 1. The van der Waals surface area contributed by atoms with Gasteiger partial charge in [-0.15, -0.1) is 11.3 Å². The summed E-state index contributed by atoms with van der Waals surface area (Å²) in [6, 6.07) is 0.161. The molecule has 0 aromatic carbocycles. The van der Waals surface area contributed by atoms with Crippen LogP contribution >= 0.6 is 11.3 Å². The molecule has 0 saturated carbocycles. The first-order valence-corrected chi connectivity index (χ1v) is 7.14. The minimum atomic E-state index is -0.111. The molecule has 1 aromatic rings. The maximum atomic E-state index is 12.0. The zero-order chi connectivity index (χ0) is 13.1. The molecule has 0 radical (unpaired) electrons. The average molecular weight is 268 g/mol. The lowest BCUT2D eigenvalue weighted by atomic mass is 10.1. The molecule has 0 aliphatic carbocycles. The highest BCUT2D eigenvalue weighted by Gasteiger charge is 2.20. The highest BCUT2D eigenvalue weighted by molar-refractivity contribution is 7.09. The first kappa shape index (κ1) is 13.5. The van der Waals surface area contributed by atoms with Crippen molar-refractivity contribution in [1.82, 2.24) is 15.2 Å². The maximum Gasteiger partial charge on any atom is 0.270 e. The van der Waals surface area contributed by atoms with Crippen LogP contribution in [0.1, 0.15) is 41.3 Å². The molecule has 1 atom stereocenters. The van der Waals surface area contributed by atoms with E-state index in [-0.39, 0.29) is 18.0 Å². The predicted molar refractivity (Wildman–Crippen MR) is 72.7 cm³/mol. The Morgan fingerprint density at radius 1 is 1.61 bits per heavy atom. The number of carbonyl (C=O) groups excluding carboxylic acids is 1. The molecule has 1 unspecified atom stereocenters. The number of amides is 1. The Morgan fingerprint density at radius 2 is 2.28 bits per heavy atom. The highest BCUT2D eigenvalue weighted by Crippen LogP contribution is 2.16. The van der Waals surface area contributed by atoms with Gasteiger partial charge in [-0.3, -0.25) is 4.79 Å². The number of hydrogen-bond acceptors (Lipinski definition) is 5. The van der Waals surface area contributed by atoms with Crippen LogP contribution < -0.4 is 11.1 Å². The molecule has 3 N–H and O–H groups in total. The van der Waals surface area contributed by atoms with E-state index in [1.54, 1.807) is 5.38 Å². The number of rotatable bonds is 3. The van der Waals surface area contributed by atoms with E-state index in [0.29, 0.717) is 5.69 Å². The van der Waals surface area contributed by atoms with Gasteiger partial charge in [-0.1, -0.05) is 0 Å². The zero-order valence-corrected chi connectivity index (χ0v) is 11.7. The zero-order valence-electron chi connectivity index (χ0n) is 10.8. The quantitative estimate of drug-likeness (QED) is 0.857. The van der Waals surface area contributed by atoms with Crippen molar-refractivity contribution in [3.05, 3.63) is 16.1 Å². The highest BCUT2D eigenvalue weighted by atomic mass is 32.1. The van der Waals surface area contributed by atoms with E-state index in [1.165, 1.54) is 11.3 Å². The van der Waals surface area contributed by atoms with Crippen LogP contribution in [0.5, 0.6) is 0 Å². The van der Waals surface area contributed by atoms with E-state index in [9.17, 15) is 4.79 Å². The van der Waals surface area contributed by atoms with Crippen LogP contribution in [-0.4, -0.2) is 42.0 Å². The minimum Gasteiger partial charge on any atom is -0.348 e. The van der Waals surface area contributed by atoms with Gasteiger partial charge in [0.25, 0.3) is 5.91 Å². The van der Waals surface area contributed by atoms with Gasteiger partial charge in [0.15, 0.2) is 0 Å². The van der Waals surface area contributed by atoms with Gasteiger partial charge in [-0.05, 0) is 39.9 Å². The Morgan fingerprint density at radius 3 is 2.83 bits per heavy atom. The number of likely N-dealkylation sites (tertiary alicyclic amines) is 1. The smallest absolute Gasteiger partial charge is 0.270 e. The number of hydrogen-bond donors (Lipinski definition) is 2. The molecule has 1 saturated heterocycles. The Balaban J connectivity index is 1.91. The molecule has 1 aliphatic heterocycles. The third-order valence-electron chi connectivity index (χ3n) is 3.20. The second-order valence-electron chi connectivity index (χ2n) is 4.91. The summed E-state index contributed by atoms with van der Waals surface area (Å²) in [4.78, 5) is 18.5. The molecule has 6 heteroatoms. The van der Waals surface area contributed by atoms with Crippen LogP contribution in [0.2, 0.25) is 0 Å². The van der Waals surface area contributed by atoms with Gasteiger partial charge < -0.3 is 16.0 Å². The molecular weight excluding hydrogens is 248 g/mol. The molecule has 18 heavy (non-hydrogen) atoms. The maximum absolute atomic E-state index is 12.0. The van der Waals surface area contributed by atoms with Crippen LogP contribution in [0.4, 0.5) is 0 Å². The summed E-state index contributed by atoms with van der Waals surface area (Å²) < 4.78 is 0. The van der Waals surface area contributed by atoms with Crippen LogP contribution in [0, 0.1) is 0 Å². The van der Waals surface area contributed by atoms with Crippen molar-refractivity contribution in [2.75, 3.05) is 20.1 Å². The van der Waals surface area contributed by atoms with Gasteiger partial charge >= 0.3 is 0 Å². The van der Waals surface area contributed by atoms with Gasteiger partial charge in [0.05, 0.1) is 6.04 Å². The molecular formula is C12H20N4OS. The number of nitrogens with zero attached hydrogens (tertiary/aromatic N) is 2. The molecule has 0 bridgehead atoms. The first-order chi connectivity index (χ1) is 8.56. The lowest BCUT2D eigenvalue weighted by molar-refractivity contribution is 0.0912. The fourth-order valence-corrected chi connectivity index (χ4v) is 2.77. The Bertz CT molecular complexity index is 410. The SMILES string of the molecule is CC(N)c1nc(C(=O)NC2CCN(C)CC2)cs1. The van der Waals surface area contributed by atoms with Crippen molar-refractivity contribution >= 4 is 17.2 Å². The summed E-state index contributed by atoms with van der Waals surface area (Å²) in [5, 5.41) is 5.64. The summed E-state index contributed by atoms with van der Waals surface area (Å²) in [5.41, 5.74) is 6.23. The topological polar surface area (TPSA) is 71.2 Å². The van der Waals surface area contributed by atoms with Crippen LogP contribution in [0.25, 0.3) is 0 Å². The third kappa shape index (κ3) is 3.28. The molecule has 5 nitrogen and oxygen atoms in total. The Hall–Kier alpha value is -0.980. The summed E-state index contributed by atoms with van der Waals surface area (Å²) in [5.74, 6) is -0.0762. The fourth-order valence-electron chi connectivity index (χ4n) is 2.01. The normalized spacial score (nSPS) is 19.7. The fraction of sp³-hybridized carbons (Fsp3) is 0.667. The number of nitrogens with two attached hydrogens (primary N) is 1. The van der Waals surface area contributed by atoms with Crippen LogP contribution in [0.15, 0.2) is 5.38 Å².